The van der Waals surface area contributed by atoms with Gasteiger partial charge in [0.25, 0.3) is 0 Å². The van der Waals surface area contributed by atoms with E-state index in [4.69, 9.17) is 9.47 Å². The first-order valence-electron chi connectivity index (χ1n) is 6.11. The van der Waals surface area contributed by atoms with Gasteiger partial charge >= 0.3 is 12.1 Å². The van der Waals surface area contributed by atoms with E-state index < -0.39 is 6.16 Å². The maximum atomic E-state index is 11.5. The molecular formula is C12H22O5. The summed E-state index contributed by atoms with van der Waals surface area (Å²) in [6.45, 7) is 6.32. The number of ether oxygens (including phenoxy) is 3. The molecule has 100 valence electrons. The van der Waals surface area contributed by atoms with E-state index in [1.54, 1.807) is 13.8 Å². The molecule has 0 fully saturated rings. The zero-order valence-electron chi connectivity index (χ0n) is 10.9. The highest BCUT2D eigenvalue weighted by Crippen LogP contribution is 2.13. The van der Waals surface area contributed by atoms with E-state index in [9.17, 15) is 9.59 Å². The second kappa shape index (κ2) is 9.93. The highest BCUT2D eigenvalue weighted by Gasteiger charge is 2.19. The minimum absolute atomic E-state index is 0.183. The highest BCUT2D eigenvalue weighted by atomic mass is 16.7. The van der Waals surface area contributed by atoms with Gasteiger partial charge < -0.3 is 14.2 Å². The molecule has 0 saturated carbocycles. The summed E-state index contributed by atoms with van der Waals surface area (Å²) in [5, 5.41) is 0. The Balaban J connectivity index is 3.92. The molecule has 0 heterocycles. The van der Waals surface area contributed by atoms with Crippen LogP contribution in [0.1, 0.15) is 40.0 Å². The van der Waals surface area contributed by atoms with Crippen molar-refractivity contribution in [1.29, 1.82) is 0 Å². The molecule has 5 nitrogen and oxygen atoms in total. The predicted molar refractivity (Wildman–Crippen MR) is 62.6 cm³/mol. The van der Waals surface area contributed by atoms with Crippen LogP contribution in [0.15, 0.2) is 0 Å². The molecular weight excluding hydrogens is 224 g/mol. The minimum atomic E-state index is -0.688. The number of hydrogen-bond donors (Lipinski definition) is 0. The highest BCUT2D eigenvalue weighted by molar-refractivity contribution is 5.72. The van der Waals surface area contributed by atoms with Crippen molar-refractivity contribution in [3.8, 4) is 0 Å². The Morgan fingerprint density at radius 2 is 1.59 bits per heavy atom. The van der Waals surface area contributed by atoms with Gasteiger partial charge in [-0.1, -0.05) is 13.3 Å². The van der Waals surface area contributed by atoms with Crippen molar-refractivity contribution in [2.75, 3.05) is 19.8 Å². The third-order valence-corrected chi connectivity index (χ3v) is 2.21. The third-order valence-electron chi connectivity index (χ3n) is 2.21. The van der Waals surface area contributed by atoms with Gasteiger partial charge in [0.15, 0.2) is 0 Å². The molecule has 0 aliphatic carbocycles. The van der Waals surface area contributed by atoms with Crippen LogP contribution in [0.3, 0.4) is 0 Å². The molecule has 1 unspecified atom stereocenters. The minimum Gasteiger partial charge on any atom is -0.466 e. The van der Waals surface area contributed by atoms with Crippen LogP contribution in [-0.2, 0) is 19.0 Å². The van der Waals surface area contributed by atoms with Crippen molar-refractivity contribution in [2.45, 2.75) is 40.0 Å². The summed E-state index contributed by atoms with van der Waals surface area (Å²) in [6, 6.07) is 0. The van der Waals surface area contributed by atoms with Gasteiger partial charge in [-0.3, -0.25) is 4.79 Å². The topological polar surface area (TPSA) is 61.8 Å². The lowest BCUT2D eigenvalue weighted by Crippen LogP contribution is -2.20. The average molecular weight is 246 g/mol. The smallest absolute Gasteiger partial charge is 0.466 e. The van der Waals surface area contributed by atoms with E-state index in [0.717, 1.165) is 12.8 Å². The summed E-state index contributed by atoms with van der Waals surface area (Å²) in [5.74, 6) is -0.420. The van der Waals surface area contributed by atoms with Gasteiger partial charge in [-0.15, -0.1) is 0 Å². The van der Waals surface area contributed by atoms with Crippen molar-refractivity contribution in [2.24, 2.45) is 5.92 Å². The van der Waals surface area contributed by atoms with Crippen LogP contribution in [0.4, 0.5) is 4.79 Å². The molecule has 0 N–H and O–H groups in total. The van der Waals surface area contributed by atoms with Crippen LogP contribution in [0, 0.1) is 5.92 Å². The standard InChI is InChI=1S/C12H22O5/c1-4-7-10(11(13)15-5-2)8-9-17-12(14)16-6-3/h10H,4-9H2,1-3H3. The largest absolute Gasteiger partial charge is 0.508 e. The van der Waals surface area contributed by atoms with Crippen molar-refractivity contribution in [3.05, 3.63) is 0 Å². The van der Waals surface area contributed by atoms with Gasteiger partial charge in [-0.05, 0) is 26.7 Å². The molecule has 0 bridgehead atoms. The normalized spacial score (nSPS) is 11.7. The Kier molecular flexibility index (Phi) is 9.19. The molecule has 0 aromatic carbocycles. The molecule has 5 heteroatoms. The van der Waals surface area contributed by atoms with Crippen molar-refractivity contribution < 1.29 is 23.8 Å². The van der Waals surface area contributed by atoms with E-state index in [1.807, 2.05) is 6.92 Å². The molecule has 0 amide bonds. The number of carbonyl (C=O) groups is 2. The third kappa shape index (κ3) is 7.60. The number of hydrogen-bond acceptors (Lipinski definition) is 5. The fourth-order valence-corrected chi connectivity index (χ4v) is 1.43. The SMILES string of the molecule is CCCC(CCOC(=O)OCC)C(=O)OCC. The molecule has 0 rings (SSSR count). The van der Waals surface area contributed by atoms with E-state index in [-0.39, 0.29) is 25.1 Å². The summed E-state index contributed by atoms with van der Waals surface area (Å²) in [6.07, 6.45) is 1.42. The molecule has 0 saturated heterocycles. The summed E-state index contributed by atoms with van der Waals surface area (Å²) in [5.41, 5.74) is 0. The first kappa shape index (κ1) is 15.7. The molecule has 0 aromatic rings. The van der Waals surface area contributed by atoms with Gasteiger partial charge in [0, 0.05) is 0 Å². The van der Waals surface area contributed by atoms with E-state index in [0.29, 0.717) is 13.0 Å². The molecule has 0 spiro atoms. The number of carbonyl (C=O) groups excluding carboxylic acids is 2. The van der Waals surface area contributed by atoms with Crippen molar-refractivity contribution >= 4 is 12.1 Å². The van der Waals surface area contributed by atoms with Crippen LogP contribution >= 0.6 is 0 Å². The van der Waals surface area contributed by atoms with Gasteiger partial charge in [0.2, 0.25) is 0 Å². The van der Waals surface area contributed by atoms with Crippen LogP contribution in [0.2, 0.25) is 0 Å². The van der Waals surface area contributed by atoms with Crippen LogP contribution in [0.5, 0.6) is 0 Å². The van der Waals surface area contributed by atoms with Crippen LogP contribution < -0.4 is 0 Å². The summed E-state index contributed by atoms with van der Waals surface area (Å²) in [4.78, 5) is 22.5. The number of esters is 1. The fourth-order valence-electron chi connectivity index (χ4n) is 1.43. The Bertz CT molecular complexity index is 227. The zero-order valence-corrected chi connectivity index (χ0v) is 10.9. The van der Waals surface area contributed by atoms with E-state index in [2.05, 4.69) is 4.74 Å². The maximum Gasteiger partial charge on any atom is 0.508 e. The molecule has 17 heavy (non-hydrogen) atoms. The fraction of sp³-hybridized carbons (Fsp3) is 0.833. The Labute approximate surface area is 102 Å². The Morgan fingerprint density at radius 1 is 0.941 bits per heavy atom. The second-order valence-electron chi connectivity index (χ2n) is 3.56. The molecule has 1 atom stereocenters. The summed E-state index contributed by atoms with van der Waals surface area (Å²) < 4.78 is 14.4. The maximum absolute atomic E-state index is 11.5. The average Bonchev–Trinajstić information content (AvgIpc) is 2.28. The first-order chi connectivity index (χ1) is 8.15. The van der Waals surface area contributed by atoms with E-state index >= 15 is 0 Å². The zero-order chi connectivity index (χ0) is 13.1. The molecule has 0 radical (unpaired) electrons. The summed E-state index contributed by atoms with van der Waals surface area (Å²) >= 11 is 0. The lowest BCUT2D eigenvalue weighted by Gasteiger charge is -2.14. The Morgan fingerprint density at radius 3 is 2.12 bits per heavy atom. The van der Waals surface area contributed by atoms with E-state index in [1.165, 1.54) is 0 Å². The molecule has 0 aromatic heterocycles. The molecule has 0 aliphatic heterocycles. The Hall–Kier alpha value is -1.26. The molecule has 0 aliphatic rings. The first-order valence-corrected chi connectivity index (χ1v) is 6.11. The summed E-state index contributed by atoms with van der Waals surface area (Å²) in [7, 11) is 0. The van der Waals surface area contributed by atoms with Crippen LogP contribution in [-0.4, -0.2) is 31.9 Å². The monoisotopic (exact) mass is 246 g/mol. The van der Waals surface area contributed by atoms with Gasteiger partial charge in [-0.25, -0.2) is 4.79 Å². The number of rotatable bonds is 8. The van der Waals surface area contributed by atoms with Crippen molar-refractivity contribution in [1.82, 2.24) is 0 Å². The predicted octanol–water partition coefficient (Wildman–Crippen LogP) is 2.53. The second-order valence-corrected chi connectivity index (χ2v) is 3.56. The van der Waals surface area contributed by atoms with Gasteiger partial charge in [-0.2, -0.15) is 0 Å². The quantitative estimate of drug-likeness (QED) is 0.616. The van der Waals surface area contributed by atoms with Gasteiger partial charge in [0.1, 0.15) is 0 Å². The van der Waals surface area contributed by atoms with Crippen molar-refractivity contribution in [3.63, 3.8) is 0 Å². The lowest BCUT2D eigenvalue weighted by atomic mass is 10.0. The van der Waals surface area contributed by atoms with Crippen LogP contribution in [0.25, 0.3) is 0 Å². The van der Waals surface area contributed by atoms with Gasteiger partial charge in [0.05, 0.1) is 25.7 Å². The lowest BCUT2D eigenvalue weighted by molar-refractivity contribution is -0.148.